The van der Waals surface area contributed by atoms with E-state index in [1.807, 2.05) is 13.8 Å². The van der Waals surface area contributed by atoms with Crippen LogP contribution in [0.3, 0.4) is 0 Å². The van der Waals surface area contributed by atoms with Crippen molar-refractivity contribution in [1.82, 2.24) is 0 Å². The van der Waals surface area contributed by atoms with E-state index in [1.165, 1.54) is 0 Å². The summed E-state index contributed by atoms with van der Waals surface area (Å²) in [4.78, 5) is 9.31. The Morgan fingerprint density at radius 2 is 1.89 bits per heavy atom. The summed E-state index contributed by atoms with van der Waals surface area (Å²) in [5, 5.41) is 2.68. The Balaban J connectivity index is 0. The molecule has 3 heteroatoms. The molecule has 2 N–H and O–H groups in total. The minimum Gasteiger partial charge on any atom is -0.331 e. The fourth-order valence-corrected chi connectivity index (χ4v) is 0.223. The van der Waals surface area contributed by atoms with Crippen LogP contribution in [-0.2, 0) is 0 Å². The van der Waals surface area contributed by atoms with Crippen LogP contribution in [-0.4, -0.2) is 13.1 Å². The molecule has 0 aliphatic rings. The monoisotopic (exact) mass is 132 g/mol. The van der Waals surface area contributed by atoms with E-state index in [-0.39, 0.29) is 0 Å². The van der Waals surface area contributed by atoms with E-state index in [1.54, 1.807) is 0 Å². The molecule has 0 saturated heterocycles. The molecule has 0 rings (SSSR count). The van der Waals surface area contributed by atoms with Crippen LogP contribution in [0.25, 0.3) is 0 Å². The van der Waals surface area contributed by atoms with Gasteiger partial charge in [-0.15, -0.1) is 0 Å². The Morgan fingerprint density at radius 3 is 2.00 bits per heavy atom. The number of hydrogen-bond donors (Lipinski definition) is 1. The summed E-state index contributed by atoms with van der Waals surface area (Å²) >= 11 is 0. The topological polar surface area (TPSA) is 55.5 Å². The second-order valence-corrected chi connectivity index (χ2v) is 1.61. The van der Waals surface area contributed by atoms with Gasteiger partial charge in [0.2, 0.25) is 0 Å². The van der Waals surface area contributed by atoms with Crippen molar-refractivity contribution in [3.05, 3.63) is 4.91 Å². The molecule has 3 nitrogen and oxygen atoms in total. The third-order valence-corrected chi connectivity index (χ3v) is 0.603. The van der Waals surface area contributed by atoms with Gasteiger partial charge in [-0.1, -0.05) is 25.4 Å². The summed E-state index contributed by atoms with van der Waals surface area (Å²) in [6.45, 7) is 5.17. The molecule has 0 atom stereocenters. The van der Waals surface area contributed by atoms with Crippen LogP contribution in [0.5, 0.6) is 0 Å². The summed E-state index contributed by atoms with van der Waals surface area (Å²) in [6, 6.07) is 0. The second kappa shape index (κ2) is 15.6. The van der Waals surface area contributed by atoms with Crippen molar-refractivity contribution in [1.29, 1.82) is 0 Å². The fourth-order valence-electron chi connectivity index (χ4n) is 0.223. The minimum absolute atomic E-state index is 0.483. The Bertz CT molecular complexity index is 48.3. The van der Waals surface area contributed by atoms with Gasteiger partial charge in [-0.25, -0.2) is 0 Å². The maximum absolute atomic E-state index is 9.31. The van der Waals surface area contributed by atoms with Crippen LogP contribution >= 0.6 is 0 Å². The summed E-state index contributed by atoms with van der Waals surface area (Å²) in [7, 11) is 0. The summed E-state index contributed by atoms with van der Waals surface area (Å²) < 4.78 is 0. The van der Waals surface area contributed by atoms with Crippen molar-refractivity contribution in [3.63, 3.8) is 0 Å². The van der Waals surface area contributed by atoms with E-state index in [9.17, 15) is 4.91 Å². The molecule has 9 heavy (non-hydrogen) atoms. The van der Waals surface area contributed by atoms with Gasteiger partial charge in [-0.3, -0.25) is 0 Å². The zero-order valence-corrected chi connectivity index (χ0v) is 6.26. The Labute approximate surface area is 56.6 Å². The van der Waals surface area contributed by atoms with Crippen LogP contribution in [0.4, 0.5) is 0 Å². The summed E-state index contributed by atoms with van der Waals surface area (Å²) in [5.41, 5.74) is 4.85. The van der Waals surface area contributed by atoms with Crippen LogP contribution in [0, 0.1) is 4.91 Å². The van der Waals surface area contributed by atoms with Gasteiger partial charge in [0.15, 0.2) is 0 Å². The van der Waals surface area contributed by atoms with Gasteiger partial charge in [0, 0.05) is 0 Å². The lowest BCUT2D eigenvalue weighted by molar-refractivity contribution is 0.804. The van der Waals surface area contributed by atoms with Gasteiger partial charge in [-0.05, 0) is 13.0 Å². The highest BCUT2D eigenvalue weighted by molar-refractivity contribution is 4.36. The molecule has 0 radical (unpaired) electrons. The molecular weight excluding hydrogens is 116 g/mol. The molecule has 0 aromatic carbocycles. The SMILES string of the molecule is CCCCN=O.CCN. The quantitative estimate of drug-likeness (QED) is 0.467. The number of hydrogen-bond acceptors (Lipinski definition) is 3. The average molecular weight is 132 g/mol. The van der Waals surface area contributed by atoms with E-state index in [0.717, 1.165) is 19.4 Å². The molecule has 0 aliphatic carbocycles. The number of nitrogens with zero attached hydrogens (tertiary/aromatic N) is 1. The maximum atomic E-state index is 9.31. The standard InChI is InChI=1S/C4H9NO.C2H7N/c1-2-3-4-5-6;1-2-3/h2-4H2,1H3;2-3H2,1H3. The van der Waals surface area contributed by atoms with Gasteiger partial charge in [-0.2, -0.15) is 4.91 Å². The largest absolute Gasteiger partial charge is 0.331 e. The number of rotatable bonds is 3. The van der Waals surface area contributed by atoms with Crippen LogP contribution < -0.4 is 5.73 Å². The van der Waals surface area contributed by atoms with Gasteiger partial charge in [0.05, 0.1) is 6.54 Å². The van der Waals surface area contributed by atoms with E-state index in [4.69, 9.17) is 5.73 Å². The lowest BCUT2D eigenvalue weighted by Crippen LogP contribution is -1.87. The maximum Gasteiger partial charge on any atom is 0.0811 e. The lowest BCUT2D eigenvalue weighted by Gasteiger charge is -1.78. The first-order valence-corrected chi connectivity index (χ1v) is 3.32. The van der Waals surface area contributed by atoms with E-state index < -0.39 is 0 Å². The van der Waals surface area contributed by atoms with Crippen molar-refractivity contribution < 1.29 is 0 Å². The van der Waals surface area contributed by atoms with Gasteiger partial charge >= 0.3 is 0 Å². The zero-order valence-electron chi connectivity index (χ0n) is 6.26. The van der Waals surface area contributed by atoms with Crippen LogP contribution in [0.2, 0.25) is 0 Å². The molecular formula is C6H16N2O. The molecule has 0 saturated carbocycles. The minimum atomic E-state index is 0.483. The molecule has 0 aromatic heterocycles. The van der Waals surface area contributed by atoms with Crippen molar-refractivity contribution in [2.24, 2.45) is 10.9 Å². The van der Waals surface area contributed by atoms with Crippen LogP contribution in [0.15, 0.2) is 5.18 Å². The Morgan fingerprint density at radius 1 is 1.44 bits per heavy atom. The van der Waals surface area contributed by atoms with Gasteiger partial charge in [0.1, 0.15) is 0 Å². The molecule has 0 heterocycles. The van der Waals surface area contributed by atoms with Crippen molar-refractivity contribution in [3.8, 4) is 0 Å². The Hall–Kier alpha value is -0.440. The van der Waals surface area contributed by atoms with Crippen molar-refractivity contribution >= 4 is 0 Å². The molecule has 56 valence electrons. The molecule has 0 spiro atoms. The highest BCUT2D eigenvalue weighted by Gasteiger charge is 1.75. The average Bonchev–Trinajstić information content (AvgIpc) is 1.86. The molecule has 0 amide bonds. The first-order chi connectivity index (χ1) is 4.33. The predicted molar refractivity (Wildman–Crippen MR) is 40.3 cm³/mol. The predicted octanol–water partition coefficient (Wildman–Crippen LogP) is 1.52. The number of nitrogens with two attached hydrogens (primary N) is 1. The highest BCUT2D eigenvalue weighted by Crippen LogP contribution is 1.83. The first kappa shape index (κ1) is 11.4. The van der Waals surface area contributed by atoms with E-state index in [0.29, 0.717) is 6.54 Å². The third kappa shape index (κ3) is 35.7. The van der Waals surface area contributed by atoms with Gasteiger partial charge in [0.25, 0.3) is 0 Å². The van der Waals surface area contributed by atoms with E-state index >= 15 is 0 Å². The normalized spacial score (nSPS) is 7.44. The molecule has 0 fully saturated rings. The molecule has 0 aliphatic heterocycles. The second-order valence-electron chi connectivity index (χ2n) is 1.61. The molecule has 0 unspecified atom stereocenters. The molecule has 0 bridgehead atoms. The number of unbranched alkanes of at least 4 members (excludes halogenated alkanes) is 1. The van der Waals surface area contributed by atoms with Crippen LogP contribution in [0.1, 0.15) is 26.7 Å². The summed E-state index contributed by atoms with van der Waals surface area (Å²) in [6.07, 6.45) is 2.00. The number of nitroso groups, excluding NO2 is 1. The van der Waals surface area contributed by atoms with E-state index in [2.05, 4.69) is 5.18 Å². The Kier molecular flexibility index (Phi) is 19.8. The smallest absolute Gasteiger partial charge is 0.0811 e. The fraction of sp³-hybridized carbons (Fsp3) is 1.00. The first-order valence-electron chi connectivity index (χ1n) is 3.32. The van der Waals surface area contributed by atoms with Gasteiger partial charge < -0.3 is 5.73 Å². The molecule has 0 aromatic rings. The highest BCUT2D eigenvalue weighted by atomic mass is 16.3. The zero-order chi connectivity index (χ0) is 7.54. The summed E-state index contributed by atoms with van der Waals surface area (Å²) in [5.74, 6) is 0. The van der Waals surface area contributed by atoms with Crippen molar-refractivity contribution in [2.75, 3.05) is 13.1 Å². The van der Waals surface area contributed by atoms with Crippen molar-refractivity contribution in [2.45, 2.75) is 26.7 Å². The third-order valence-electron chi connectivity index (χ3n) is 0.603. The lowest BCUT2D eigenvalue weighted by atomic mass is 10.3.